The highest BCUT2D eigenvalue weighted by molar-refractivity contribution is 14.1. The lowest BCUT2D eigenvalue weighted by atomic mass is 9.80. The summed E-state index contributed by atoms with van der Waals surface area (Å²) in [6, 6.07) is 0.744. The smallest absolute Gasteiger partial charge is 0.0194 e. The maximum atomic E-state index is 3.66. The first-order valence-corrected chi connectivity index (χ1v) is 6.82. The first-order chi connectivity index (χ1) is 6.32. The van der Waals surface area contributed by atoms with Crippen LogP contribution in [0.5, 0.6) is 0 Å². The number of alkyl halides is 1. The Hall–Kier alpha value is 0.690. The summed E-state index contributed by atoms with van der Waals surface area (Å²) < 4.78 is 0.407. The fourth-order valence-corrected chi connectivity index (χ4v) is 2.89. The summed E-state index contributed by atoms with van der Waals surface area (Å²) in [6.07, 6.45) is 1.36. The Balaban J connectivity index is 2.52. The van der Waals surface area contributed by atoms with Crippen molar-refractivity contribution in [3.63, 3.8) is 0 Å². The van der Waals surface area contributed by atoms with Gasteiger partial charge in [-0.15, -0.1) is 0 Å². The predicted octanol–water partition coefficient (Wildman–Crippen LogP) is 3.47. The molecular weight excluding hydrogens is 285 g/mol. The highest BCUT2D eigenvalue weighted by atomic mass is 127. The van der Waals surface area contributed by atoms with E-state index in [4.69, 9.17) is 0 Å². The Morgan fingerprint density at radius 1 is 1.36 bits per heavy atom. The number of hydrogen-bond donors (Lipinski definition) is 1. The Labute approximate surface area is 103 Å². The maximum absolute atomic E-state index is 3.66. The summed E-state index contributed by atoms with van der Waals surface area (Å²) >= 11 is 2.58. The standard InChI is InChI=1S/C12H24IN/c1-8-6-11(14-7-8)9(2)10(3)12(4,5)13/h8-11,14H,6-7H2,1-5H3/t8-,9?,10?,11+/m1/s1. The van der Waals surface area contributed by atoms with E-state index >= 15 is 0 Å². The Bertz CT molecular complexity index is 185. The summed E-state index contributed by atoms with van der Waals surface area (Å²) in [7, 11) is 0. The van der Waals surface area contributed by atoms with Crippen LogP contribution in [-0.2, 0) is 0 Å². The molecule has 1 N–H and O–H groups in total. The molecule has 4 atom stereocenters. The minimum Gasteiger partial charge on any atom is -0.313 e. The van der Waals surface area contributed by atoms with Crippen molar-refractivity contribution in [1.82, 2.24) is 5.32 Å². The van der Waals surface area contributed by atoms with Crippen LogP contribution in [0, 0.1) is 17.8 Å². The van der Waals surface area contributed by atoms with E-state index in [-0.39, 0.29) is 0 Å². The van der Waals surface area contributed by atoms with Crippen molar-refractivity contribution >= 4 is 22.6 Å². The lowest BCUT2D eigenvalue weighted by molar-refractivity contribution is 0.269. The molecule has 0 aromatic carbocycles. The molecule has 1 saturated heterocycles. The Morgan fingerprint density at radius 2 is 1.93 bits per heavy atom. The van der Waals surface area contributed by atoms with Crippen LogP contribution in [0.25, 0.3) is 0 Å². The maximum Gasteiger partial charge on any atom is 0.0194 e. The van der Waals surface area contributed by atoms with Gasteiger partial charge in [-0.3, -0.25) is 0 Å². The molecule has 0 aromatic heterocycles. The zero-order valence-corrected chi connectivity index (χ0v) is 12.3. The van der Waals surface area contributed by atoms with Gasteiger partial charge in [-0.05, 0) is 30.7 Å². The van der Waals surface area contributed by atoms with Crippen LogP contribution in [0.15, 0.2) is 0 Å². The molecule has 1 aliphatic rings. The number of halogens is 1. The van der Waals surface area contributed by atoms with Gasteiger partial charge in [-0.1, -0.05) is 57.2 Å². The molecule has 1 aliphatic heterocycles. The van der Waals surface area contributed by atoms with Crippen molar-refractivity contribution in [2.24, 2.45) is 17.8 Å². The highest BCUT2D eigenvalue weighted by Crippen LogP contribution is 2.36. The summed E-state index contributed by atoms with van der Waals surface area (Å²) in [5.74, 6) is 2.42. The van der Waals surface area contributed by atoms with Crippen LogP contribution in [-0.4, -0.2) is 16.0 Å². The van der Waals surface area contributed by atoms with Gasteiger partial charge in [-0.25, -0.2) is 0 Å². The van der Waals surface area contributed by atoms with Gasteiger partial charge in [0, 0.05) is 9.46 Å². The first kappa shape index (κ1) is 12.8. The molecule has 0 bridgehead atoms. The lowest BCUT2D eigenvalue weighted by Crippen LogP contribution is -2.38. The zero-order chi connectivity index (χ0) is 10.9. The van der Waals surface area contributed by atoms with Crippen molar-refractivity contribution in [2.75, 3.05) is 6.54 Å². The summed E-state index contributed by atoms with van der Waals surface area (Å²) in [5.41, 5.74) is 0. The molecule has 0 radical (unpaired) electrons. The van der Waals surface area contributed by atoms with Crippen LogP contribution in [0.4, 0.5) is 0 Å². The van der Waals surface area contributed by atoms with Gasteiger partial charge in [0.2, 0.25) is 0 Å². The average Bonchev–Trinajstić information content (AvgIpc) is 2.47. The van der Waals surface area contributed by atoms with Crippen LogP contribution >= 0.6 is 22.6 Å². The van der Waals surface area contributed by atoms with Crippen molar-refractivity contribution < 1.29 is 0 Å². The van der Waals surface area contributed by atoms with Crippen molar-refractivity contribution in [3.05, 3.63) is 0 Å². The molecule has 0 aliphatic carbocycles. The van der Waals surface area contributed by atoms with Crippen molar-refractivity contribution in [3.8, 4) is 0 Å². The number of hydrogen-bond acceptors (Lipinski definition) is 1. The molecule has 84 valence electrons. The molecule has 0 spiro atoms. The second kappa shape index (κ2) is 4.69. The van der Waals surface area contributed by atoms with Crippen LogP contribution < -0.4 is 5.32 Å². The minimum atomic E-state index is 0.407. The number of nitrogens with one attached hydrogen (secondary N) is 1. The highest BCUT2D eigenvalue weighted by Gasteiger charge is 2.34. The van der Waals surface area contributed by atoms with Crippen LogP contribution in [0.3, 0.4) is 0 Å². The molecule has 0 amide bonds. The average molecular weight is 309 g/mol. The first-order valence-electron chi connectivity index (χ1n) is 5.74. The molecular formula is C12H24IN. The van der Waals surface area contributed by atoms with Gasteiger partial charge in [0.15, 0.2) is 0 Å². The van der Waals surface area contributed by atoms with Crippen LogP contribution in [0.2, 0.25) is 0 Å². The van der Waals surface area contributed by atoms with Gasteiger partial charge in [-0.2, -0.15) is 0 Å². The van der Waals surface area contributed by atoms with Gasteiger partial charge < -0.3 is 5.32 Å². The van der Waals surface area contributed by atoms with E-state index in [1.165, 1.54) is 13.0 Å². The quantitative estimate of drug-likeness (QED) is 0.622. The van der Waals surface area contributed by atoms with Gasteiger partial charge in [0.25, 0.3) is 0 Å². The van der Waals surface area contributed by atoms with E-state index in [0.717, 1.165) is 23.8 Å². The van der Waals surface area contributed by atoms with E-state index in [9.17, 15) is 0 Å². The van der Waals surface area contributed by atoms with Crippen LogP contribution in [0.1, 0.15) is 41.0 Å². The SMILES string of the molecule is CC(C(C)C(C)(C)I)[C@@H]1C[C@@H](C)CN1. The Kier molecular flexibility index (Phi) is 4.27. The molecule has 0 aromatic rings. The minimum absolute atomic E-state index is 0.407. The van der Waals surface area contributed by atoms with E-state index in [0.29, 0.717) is 3.42 Å². The summed E-state index contributed by atoms with van der Waals surface area (Å²) in [5, 5.41) is 3.66. The summed E-state index contributed by atoms with van der Waals surface area (Å²) in [6.45, 7) is 13.0. The molecule has 2 heteroatoms. The molecule has 14 heavy (non-hydrogen) atoms. The van der Waals surface area contributed by atoms with E-state index in [1.807, 2.05) is 0 Å². The topological polar surface area (TPSA) is 12.0 Å². The molecule has 0 saturated carbocycles. The second-order valence-electron chi connectivity index (χ2n) is 5.57. The van der Waals surface area contributed by atoms with Crippen molar-refractivity contribution in [2.45, 2.75) is 50.5 Å². The third-order valence-electron chi connectivity index (χ3n) is 3.89. The third kappa shape index (κ3) is 3.09. The fourth-order valence-electron chi connectivity index (χ4n) is 2.33. The van der Waals surface area contributed by atoms with E-state index in [1.54, 1.807) is 0 Å². The molecule has 1 fully saturated rings. The van der Waals surface area contributed by atoms with E-state index < -0.39 is 0 Å². The van der Waals surface area contributed by atoms with Gasteiger partial charge in [0.05, 0.1) is 0 Å². The molecule has 1 rings (SSSR count). The normalized spacial score (nSPS) is 33.0. The number of rotatable bonds is 3. The van der Waals surface area contributed by atoms with Gasteiger partial charge >= 0.3 is 0 Å². The largest absolute Gasteiger partial charge is 0.313 e. The third-order valence-corrected chi connectivity index (χ3v) is 4.87. The van der Waals surface area contributed by atoms with Gasteiger partial charge in [0.1, 0.15) is 0 Å². The lowest BCUT2D eigenvalue weighted by Gasteiger charge is -2.34. The fraction of sp³-hybridized carbons (Fsp3) is 1.00. The molecule has 2 unspecified atom stereocenters. The van der Waals surface area contributed by atoms with E-state index in [2.05, 4.69) is 62.5 Å². The molecule has 1 heterocycles. The monoisotopic (exact) mass is 309 g/mol. The second-order valence-corrected chi connectivity index (χ2v) is 8.35. The predicted molar refractivity (Wildman–Crippen MR) is 72.0 cm³/mol. The summed E-state index contributed by atoms with van der Waals surface area (Å²) in [4.78, 5) is 0. The Morgan fingerprint density at radius 3 is 2.29 bits per heavy atom. The zero-order valence-electron chi connectivity index (χ0n) is 10.1. The molecule has 1 nitrogen and oxygen atoms in total. The van der Waals surface area contributed by atoms with Crippen molar-refractivity contribution in [1.29, 1.82) is 0 Å².